The number of benzene rings is 3. The fourth-order valence-electron chi connectivity index (χ4n) is 2.71. The molecule has 3 aromatic rings. The molecule has 3 N–H and O–H groups in total. The molecule has 3 aromatic carbocycles. The van der Waals surface area contributed by atoms with Crippen LogP contribution in [0.4, 0.5) is 11.4 Å². The third-order valence-electron chi connectivity index (χ3n) is 4.06. The van der Waals surface area contributed by atoms with Gasteiger partial charge in [-0.25, -0.2) is 0 Å². The molecule has 10 heteroatoms. The van der Waals surface area contributed by atoms with E-state index < -0.39 is 10.8 Å². The number of hydrogen-bond donors (Lipinski definition) is 3. The highest BCUT2D eigenvalue weighted by Gasteiger charge is 2.19. The normalized spacial score (nSPS) is 10.4. The van der Waals surface area contributed by atoms with E-state index in [1.54, 1.807) is 6.07 Å². The quantitative estimate of drug-likeness (QED) is 0.222. The summed E-state index contributed by atoms with van der Waals surface area (Å²) in [5, 5.41) is 27.4. The summed E-state index contributed by atoms with van der Waals surface area (Å²) in [6.07, 6.45) is 0. The van der Waals surface area contributed by atoms with Gasteiger partial charge in [0.05, 0.1) is 27.8 Å². The molecule has 0 spiro atoms. The van der Waals surface area contributed by atoms with Crippen LogP contribution in [0, 0.1) is 10.1 Å². The predicted octanol–water partition coefficient (Wildman–Crippen LogP) is 4.35. The second kappa shape index (κ2) is 8.41. The number of rotatable bonds is 4. The Labute approximate surface area is 178 Å². The van der Waals surface area contributed by atoms with Gasteiger partial charge in [-0.1, -0.05) is 24.3 Å². The van der Waals surface area contributed by atoms with E-state index in [9.17, 15) is 20.0 Å². The van der Waals surface area contributed by atoms with E-state index >= 15 is 0 Å². The number of carbonyl (C=O) groups excluding carboxylic acids is 1. The summed E-state index contributed by atoms with van der Waals surface area (Å²) in [6, 6.07) is 12.6. The van der Waals surface area contributed by atoms with Crippen LogP contribution in [0.2, 0.25) is 0 Å². The summed E-state index contributed by atoms with van der Waals surface area (Å²) >= 11 is 8.57. The Hall–Kier alpha value is -3.24. The Morgan fingerprint density at radius 3 is 2.66 bits per heavy atom. The lowest BCUT2D eigenvalue weighted by Crippen LogP contribution is -2.34. The number of halogens is 1. The van der Waals surface area contributed by atoms with E-state index in [2.05, 4.69) is 26.6 Å². The number of phenols is 1. The minimum Gasteiger partial charge on any atom is -0.506 e. The lowest BCUT2D eigenvalue weighted by Gasteiger charge is -2.15. The largest absolute Gasteiger partial charge is 0.506 e. The summed E-state index contributed by atoms with van der Waals surface area (Å²) in [5.41, 5.74) is 0.00111. The minimum atomic E-state index is -0.607. The molecule has 0 aliphatic rings. The molecule has 0 unspecified atom stereocenters. The number of phenolic OH excluding ortho intramolecular Hbond substituents is 1. The van der Waals surface area contributed by atoms with E-state index in [0.717, 1.165) is 29.0 Å². The van der Waals surface area contributed by atoms with Crippen molar-refractivity contribution in [1.82, 2.24) is 5.32 Å². The number of nitro benzene ring substituents is 1. The lowest BCUT2D eigenvalue weighted by atomic mass is 10.1. The number of nitrogens with zero attached hydrogens (tertiary/aromatic N) is 1. The predicted molar refractivity (Wildman–Crippen MR) is 117 cm³/mol. The molecular formula is C19H14BrN3O5S. The van der Waals surface area contributed by atoms with Gasteiger partial charge >= 0.3 is 0 Å². The molecule has 0 bridgehead atoms. The number of methoxy groups -OCH3 is 1. The summed E-state index contributed by atoms with van der Waals surface area (Å²) in [4.78, 5) is 23.1. The highest BCUT2D eigenvalue weighted by Crippen LogP contribution is 2.36. The Morgan fingerprint density at radius 2 is 1.97 bits per heavy atom. The van der Waals surface area contributed by atoms with Crippen molar-refractivity contribution < 1.29 is 19.6 Å². The Morgan fingerprint density at radius 1 is 1.24 bits per heavy atom. The number of carbonyl (C=O) groups is 1. The number of hydrogen-bond acceptors (Lipinski definition) is 6. The zero-order valence-electron chi connectivity index (χ0n) is 14.9. The number of thiocarbonyl (C=S) groups is 1. The van der Waals surface area contributed by atoms with Gasteiger partial charge in [0, 0.05) is 12.1 Å². The molecule has 29 heavy (non-hydrogen) atoms. The highest BCUT2D eigenvalue weighted by atomic mass is 79.9. The van der Waals surface area contributed by atoms with Gasteiger partial charge in [0.2, 0.25) is 0 Å². The highest BCUT2D eigenvalue weighted by molar-refractivity contribution is 9.10. The number of ether oxygens (including phenoxy) is 1. The summed E-state index contributed by atoms with van der Waals surface area (Å²) in [5.74, 6) is -0.462. The van der Waals surface area contributed by atoms with Crippen LogP contribution in [0.15, 0.2) is 53.0 Å². The lowest BCUT2D eigenvalue weighted by molar-refractivity contribution is -0.384. The first-order chi connectivity index (χ1) is 13.8. The van der Waals surface area contributed by atoms with Crippen LogP contribution in [0.1, 0.15) is 10.4 Å². The van der Waals surface area contributed by atoms with Crippen molar-refractivity contribution in [2.75, 3.05) is 12.4 Å². The second-order valence-electron chi connectivity index (χ2n) is 5.86. The summed E-state index contributed by atoms with van der Waals surface area (Å²) in [6.45, 7) is 0. The first-order valence-corrected chi connectivity index (χ1v) is 9.37. The van der Waals surface area contributed by atoms with Gasteiger partial charge < -0.3 is 15.2 Å². The molecule has 148 valence electrons. The molecule has 0 atom stereocenters. The average molecular weight is 476 g/mol. The van der Waals surface area contributed by atoms with E-state index in [-0.39, 0.29) is 27.8 Å². The number of nitro groups is 1. The molecule has 1 amide bonds. The third kappa shape index (κ3) is 4.28. The molecule has 0 aliphatic heterocycles. The first kappa shape index (κ1) is 20.5. The van der Waals surface area contributed by atoms with Gasteiger partial charge in [-0.2, -0.15) is 0 Å². The smallest absolute Gasteiger partial charge is 0.271 e. The minimum absolute atomic E-state index is 0.00356. The molecule has 0 aliphatic carbocycles. The topological polar surface area (TPSA) is 114 Å². The molecule has 0 saturated heterocycles. The number of aromatic hydroxyl groups is 1. The van der Waals surface area contributed by atoms with Crippen molar-refractivity contribution in [3.8, 4) is 11.5 Å². The van der Waals surface area contributed by atoms with Crippen LogP contribution in [0.3, 0.4) is 0 Å². The van der Waals surface area contributed by atoms with E-state index in [4.69, 9.17) is 17.0 Å². The maximum atomic E-state index is 12.8. The molecule has 0 saturated carbocycles. The average Bonchev–Trinajstić information content (AvgIpc) is 2.69. The molecule has 0 fully saturated rings. The van der Waals surface area contributed by atoms with Crippen LogP contribution < -0.4 is 15.4 Å². The van der Waals surface area contributed by atoms with Crippen LogP contribution in [0.25, 0.3) is 10.8 Å². The molecule has 0 aromatic heterocycles. The third-order valence-corrected chi connectivity index (χ3v) is 5.05. The molecule has 3 rings (SSSR count). The van der Waals surface area contributed by atoms with Crippen molar-refractivity contribution >= 4 is 61.3 Å². The standard InChI is InChI=1S/C19H14BrN3O5S/c1-28-17-13(8-10-4-2-3-5-12(10)16(17)20)18(25)22-19(29)21-14-9-11(23(26)27)6-7-15(14)24/h2-9,24H,1H3,(H2,21,22,25,29). The maximum Gasteiger partial charge on any atom is 0.271 e. The summed E-state index contributed by atoms with van der Waals surface area (Å²) in [7, 11) is 1.45. The molecule has 0 heterocycles. The van der Waals surface area contributed by atoms with E-state index in [1.807, 2.05) is 24.3 Å². The van der Waals surface area contributed by atoms with Crippen molar-refractivity contribution in [3.63, 3.8) is 0 Å². The number of anilines is 1. The maximum absolute atomic E-state index is 12.8. The SMILES string of the molecule is COc1c(C(=O)NC(=S)Nc2cc([N+](=O)[O-])ccc2O)cc2ccccc2c1Br. The van der Waals surface area contributed by atoms with Crippen LogP contribution in [0.5, 0.6) is 11.5 Å². The van der Waals surface area contributed by atoms with E-state index in [1.165, 1.54) is 7.11 Å². The van der Waals surface area contributed by atoms with Crippen LogP contribution >= 0.6 is 28.1 Å². The van der Waals surface area contributed by atoms with Gasteiger partial charge in [-0.05, 0) is 51.1 Å². The number of non-ortho nitro benzene ring substituents is 1. The van der Waals surface area contributed by atoms with Crippen LogP contribution in [-0.2, 0) is 0 Å². The van der Waals surface area contributed by atoms with Crippen molar-refractivity contribution in [3.05, 3.63) is 68.7 Å². The van der Waals surface area contributed by atoms with Crippen molar-refractivity contribution in [1.29, 1.82) is 0 Å². The first-order valence-electron chi connectivity index (χ1n) is 8.16. The van der Waals surface area contributed by atoms with Gasteiger partial charge in [-0.3, -0.25) is 20.2 Å². The molecular weight excluding hydrogens is 462 g/mol. The van der Waals surface area contributed by atoms with Crippen molar-refractivity contribution in [2.24, 2.45) is 0 Å². The zero-order valence-corrected chi connectivity index (χ0v) is 17.3. The number of fused-ring (bicyclic) bond motifs is 1. The van der Waals surface area contributed by atoms with Gasteiger partial charge in [-0.15, -0.1) is 0 Å². The van der Waals surface area contributed by atoms with Gasteiger partial charge in [0.25, 0.3) is 11.6 Å². The fraction of sp³-hybridized carbons (Fsp3) is 0.0526. The van der Waals surface area contributed by atoms with Crippen molar-refractivity contribution in [2.45, 2.75) is 0 Å². The second-order valence-corrected chi connectivity index (χ2v) is 7.06. The fourth-order valence-corrected chi connectivity index (χ4v) is 3.65. The van der Waals surface area contributed by atoms with Crippen LogP contribution in [-0.4, -0.2) is 28.2 Å². The van der Waals surface area contributed by atoms with Gasteiger partial charge in [0.1, 0.15) is 11.5 Å². The molecule has 0 radical (unpaired) electrons. The monoisotopic (exact) mass is 475 g/mol. The number of amides is 1. The zero-order chi connectivity index (χ0) is 21.1. The molecule has 8 nitrogen and oxygen atoms in total. The Bertz CT molecular complexity index is 1150. The summed E-state index contributed by atoms with van der Waals surface area (Å²) < 4.78 is 6.00. The Kier molecular flexibility index (Phi) is 5.95. The van der Waals surface area contributed by atoms with E-state index in [0.29, 0.717) is 10.2 Å². The van der Waals surface area contributed by atoms with Gasteiger partial charge in [0.15, 0.2) is 5.11 Å². The Balaban J connectivity index is 1.86. The number of nitrogens with one attached hydrogen (secondary N) is 2.